The molecule has 1 aliphatic rings. The Labute approximate surface area is 150 Å². The lowest BCUT2D eigenvalue weighted by Crippen LogP contribution is -2.31. The summed E-state index contributed by atoms with van der Waals surface area (Å²) in [6.07, 6.45) is 0. The van der Waals surface area contributed by atoms with E-state index < -0.39 is 29.5 Å². The first kappa shape index (κ1) is 17.7. The molecule has 1 amide bonds. The first-order valence-corrected chi connectivity index (χ1v) is 8.20. The summed E-state index contributed by atoms with van der Waals surface area (Å²) in [7, 11) is 0. The highest BCUT2D eigenvalue weighted by Gasteiger charge is 2.45. The molecule has 0 saturated carbocycles. The molecule has 0 fully saturated rings. The molecule has 1 atom stereocenters. The monoisotopic (exact) mass is 355 g/mol. The van der Waals surface area contributed by atoms with Gasteiger partial charge in [0.1, 0.15) is 11.4 Å². The summed E-state index contributed by atoms with van der Waals surface area (Å²) in [5.74, 6) is -2.57. The van der Waals surface area contributed by atoms with Crippen molar-refractivity contribution >= 4 is 17.6 Å². The summed E-state index contributed by atoms with van der Waals surface area (Å²) in [5.41, 5.74) is 1.86. The van der Waals surface area contributed by atoms with E-state index >= 15 is 0 Å². The highest BCUT2D eigenvalue weighted by atomic mass is 19.1. The molecular weight excluding hydrogens is 337 g/mol. The number of ether oxygens (including phenoxy) is 1. The zero-order valence-corrected chi connectivity index (χ0v) is 14.4. The summed E-state index contributed by atoms with van der Waals surface area (Å²) >= 11 is 0. The zero-order valence-electron chi connectivity index (χ0n) is 14.4. The molecule has 0 aromatic heterocycles. The van der Waals surface area contributed by atoms with Crippen LogP contribution in [-0.2, 0) is 14.3 Å². The van der Waals surface area contributed by atoms with E-state index in [4.69, 9.17) is 4.74 Å². The van der Waals surface area contributed by atoms with Gasteiger partial charge in [0.25, 0.3) is 5.91 Å². The van der Waals surface area contributed by atoms with Gasteiger partial charge in [0.05, 0.1) is 12.6 Å². The molecule has 134 valence electrons. The van der Waals surface area contributed by atoms with E-state index in [9.17, 15) is 19.1 Å². The first-order valence-electron chi connectivity index (χ1n) is 8.20. The lowest BCUT2D eigenvalue weighted by molar-refractivity contribution is -0.139. The molecule has 2 aromatic carbocycles. The van der Waals surface area contributed by atoms with Gasteiger partial charge in [-0.05, 0) is 43.7 Å². The van der Waals surface area contributed by atoms with Crippen molar-refractivity contribution in [2.24, 2.45) is 0 Å². The third kappa shape index (κ3) is 3.06. The standard InChI is InChI=1S/C20H18FNO4/c1-3-26-20(25)16-17(13-6-8-14(21)9-7-13)22(19(24)18(16)23)15-10-4-12(2)5-11-15/h4-11,17,23H,3H2,1-2H3/t17-/m0/s1. The molecule has 0 radical (unpaired) electrons. The van der Waals surface area contributed by atoms with Crippen molar-refractivity contribution in [2.75, 3.05) is 11.5 Å². The van der Waals surface area contributed by atoms with Crippen molar-refractivity contribution in [3.8, 4) is 0 Å². The number of anilines is 1. The zero-order chi connectivity index (χ0) is 18.8. The predicted octanol–water partition coefficient (Wildman–Crippen LogP) is 3.60. The van der Waals surface area contributed by atoms with Crippen LogP contribution in [0.1, 0.15) is 24.1 Å². The van der Waals surface area contributed by atoms with E-state index in [2.05, 4.69) is 0 Å². The second-order valence-electron chi connectivity index (χ2n) is 5.95. The van der Waals surface area contributed by atoms with Gasteiger partial charge in [0.2, 0.25) is 0 Å². The Morgan fingerprint density at radius 1 is 1.15 bits per heavy atom. The fraction of sp³-hybridized carbons (Fsp3) is 0.200. The lowest BCUT2D eigenvalue weighted by Gasteiger charge is -2.26. The minimum atomic E-state index is -0.898. The van der Waals surface area contributed by atoms with Crippen LogP contribution in [-0.4, -0.2) is 23.6 Å². The summed E-state index contributed by atoms with van der Waals surface area (Å²) in [4.78, 5) is 26.4. The molecule has 0 unspecified atom stereocenters. The number of hydrogen-bond acceptors (Lipinski definition) is 4. The third-order valence-corrected chi connectivity index (χ3v) is 4.20. The van der Waals surface area contributed by atoms with Crippen LogP contribution in [0.3, 0.4) is 0 Å². The number of aliphatic hydroxyl groups excluding tert-OH is 1. The highest BCUT2D eigenvalue weighted by Crippen LogP contribution is 2.41. The Morgan fingerprint density at radius 2 is 1.77 bits per heavy atom. The first-order chi connectivity index (χ1) is 12.4. The van der Waals surface area contributed by atoms with Crippen molar-refractivity contribution in [1.82, 2.24) is 0 Å². The Bertz CT molecular complexity index is 872. The van der Waals surface area contributed by atoms with Gasteiger partial charge < -0.3 is 9.84 Å². The number of carbonyl (C=O) groups is 2. The van der Waals surface area contributed by atoms with Crippen LogP contribution in [0.25, 0.3) is 0 Å². The van der Waals surface area contributed by atoms with E-state index in [0.29, 0.717) is 11.3 Å². The molecule has 1 heterocycles. The number of benzene rings is 2. The smallest absolute Gasteiger partial charge is 0.340 e. The van der Waals surface area contributed by atoms with Crippen molar-refractivity contribution in [2.45, 2.75) is 19.9 Å². The average Bonchev–Trinajstić information content (AvgIpc) is 2.88. The quantitative estimate of drug-likeness (QED) is 0.851. The van der Waals surface area contributed by atoms with Crippen LogP contribution >= 0.6 is 0 Å². The molecule has 5 nitrogen and oxygen atoms in total. The normalized spacial score (nSPS) is 17.0. The Kier molecular flexibility index (Phi) is 4.75. The SMILES string of the molecule is CCOC(=O)C1=C(O)C(=O)N(c2ccc(C)cc2)[C@H]1c1ccc(F)cc1. The number of rotatable bonds is 4. The number of nitrogens with zero attached hydrogens (tertiary/aromatic N) is 1. The molecule has 3 rings (SSSR count). The van der Waals surface area contributed by atoms with E-state index in [1.807, 2.05) is 19.1 Å². The van der Waals surface area contributed by atoms with E-state index in [1.54, 1.807) is 19.1 Å². The number of aryl methyl sites for hydroxylation is 1. The van der Waals surface area contributed by atoms with Crippen molar-refractivity contribution < 1.29 is 23.8 Å². The fourth-order valence-corrected chi connectivity index (χ4v) is 2.95. The van der Waals surface area contributed by atoms with Crippen molar-refractivity contribution in [3.63, 3.8) is 0 Å². The van der Waals surface area contributed by atoms with E-state index in [1.165, 1.54) is 29.2 Å². The summed E-state index contributed by atoms with van der Waals surface area (Å²) < 4.78 is 18.3. The van der Waals surface area contributed by atoms with Gasteiger partial charge in [0.15, 0.2) is 5.76 Å². The molecular formula is C20H18FNO4. The van der Waals surface area contributed by atoms with Crippen molar-refractivity contribution in [3.05, 3.63) is 76.8 Å². The second kappa shape index (κ2) is 7.00. The van der Waals surface area contributed by atoms with Crippen molar-refractivity contribution in [1.29, 1.82) is 0 Å². The van der Waals surface area contributed by atoms with Gasteiger partial charge in [-0.1, -0.05) is 29.8 Å². The number of hydrogen-bond donors (Lipinski definition) is 1. The minimum Gasteiger partial charge on any atom is -0.503 e. The fourth-order valence-electron chi connectivity index (χ4n) is 2.95. The molecule has 0 spiro atoms. The molecule has 0 saturated heterocycles. The molecule has 6 heteroatoms. The van der Waals surface area contributed by atoms with E-state index in [-0.39, 0.29) is 12.2 Å². The largest absolute Gasteiger partial charge is 0.503 e. The van der Waals surface area contributed by atoms with Crippen LogP contribution in [0.4, 0.5) is 10.1 Å². The van der Waals surface area contributed by atoms with Crippen LogP contribution in [0.5, 0.6) is 0 Å². The number of amides is 1. The summed E-state index contributed by atoms with van der Waals surface area (Å²) in [5, 5.41) is 10.3. The maximum Gasteiger partial charge on any atom is 0.340 e. The molecule has 1 aliphatic heterocycles. The highest BCUT2D eigenvalue weighted by molar-refractivity contribution is 6.15. The average molecular weight is 355 g/mol. The van der Waals surface area contributed by atoms with E-state index in [0.717, 1.165) is 5.56 Å². The van der Waals surface area contributed by atoms with Crippen LogP contribution < -0.4 is 4.90 Å². The molecule has 0 aliphatic carbocycles. The number of halogens is 1. The predicted molar refractivity (Wildman–Crippen MR) is 94.1 cm³/mol. The third-order valence-electron chi connectivity index (χ3n) is 4.20. The summed E-state index contributed by atoms with van der Waals surface area (Å²) in [6.45, 7) is 3.65. The Morgan fingerprint density at radius 3 is 2.35 bits per heavy atom. The number of carbonyl (C=O) groups excluding carboxylic acids is 2. The Hall–Kier alpha value is -3.15. The van der Waals surface area contributed by atoms with Gasteiger partial charge in [-0.3, -0.25) is 9.69 Å². The molecule has 26 heavy (non-hydrogen) atoms. The lowest BCUT2D eigenvalue weighted by atomic mass is 9.98. The molecule has 1 N–H and O–H groups in total. The van der Waals surface area contributed by atoms with Crippen LogP contribution in [0.15, 0.2) is 59.9 Å². The second-order valence-corrected chi connectivity index (χ2v) is 5.95. The molecule has 2 aromatic rings. The van der Waals surface area contributed by atoms with Gasteiger partial charge in [-0.25, -0.2) is 9.18 Å². The van der Waals surface area contributed by atoms with Gasteiger partial charge in [-0.2, -0.15) is 0 Å². The van der Waals surface area contributed by atoms with Gasteiger partial charge in [-0.15, -0.1) is 0 Å². The number of esters is 1. The molecule has 0 bridgehead atoms. The maximum absolute atomic E-state index is 13.3. The van der Waals surface area contributed by atoms with Gasteiger partial charge >= 0.3 is 5.97 Å². The summed E-state index contributed by atoms with van der Waals surface area (Å²) in [6, 6.07) is 11.6. The van der Waals surface area contributed by atoms with Crippen LogP contribution in [0.2, 0.25) is 0 Å². The Balaban J connectivity index is 2.14. The maximum atomic E-state index is 13.3. The van der Waals surface area contributed by atoms with Gasteiger partial charge in [0, 0.05) is 5.69 Å². The topological polar surface area (TPSA) is 66.8 Å². The van der Waals surface area contributed by atoms with Crippen LogP contribution in [0, 0.1) is 12.7 Å². The minimum absolute atomic E-state index is 0.102. The number of aliphatic hydroxyl groups is 1.